The Morgan fingerprint density at radius 2 is 1.67 bits per heavy atom. The molecule has 1 nitrogen and oxygen atoms in total. The van der Waals surface area contributed by atoms with Crippen molar-refractivity contribution in [3.63, 3.8) is 0 Å². The molecule has 4 heteroatoms. The van der Waals surface area contributed by atoms with Gasteiger partial charge in [0.1, 0.15) is 0 Å². The first kappa shape index (κ1) is 15.0. The third-order valence-electron chi connectivity index (χ3n) is 3.08. The first-order valence-corrected chi connectivity index (χ1v) is 6.31. The van der Waals surface area contributed by atoms with Gasteiger partial charge in [0.25, 0.3) is 0 Å². The Hall–Kier alpha value is -2.36. The Morgan fingerprint density at radius 1 is 1.00 bits per heavy atom. The van der Waals surface area contributed by atoms with Gasteiger partial charge in [0, 0.05) is 12.0 Å². The fraction of sp³-hybridized carbons (Fsp3) is 0.118. The molecule has 0 unspecified atom stereocenters. The van der Waals surface area contributed by atoms with Crippen molar-refractivity contribution in [1.82, 2.24) is 0 Å². The van der Waals surface area contributed by atoms with Gasteiger partial charge < -0.3 is 0 Å². The summed E-state index contributed by atoms with van der Waals surface area (Å²) in [6.07, 6.45) is -4.31. The number of alkyl halides is 3. The van der Waals surface area contributed by atoms with E-state index in [2.05, 4.69) is 6.58 Å². The molecule has 2 aromatic carbocycles. The summed E-state index contributed by atoms with van der Waals surface area (Å²) in [7, 11) is 0. The van der Waals surface area contributed by atoms with Crippen molar-refractivity contribution >= 4 is 11.4 Å². The van der Waals surface area contributed by atoms with Crippen LogP contribution in [0.3, 0.4) is 0 Å². The second-order valence-corrected chi connectivity index (χ2v) is 4.64. The van der Waals surface area contributed by atoms with Crippen molar-refractivity contribution in [1.29, 1.82) is 0 Å². The topological polar surface area (TPSA) is 17.1 Å². The molecule has 0 bridgehead atoms. The van der Waals surface area contributed by atoms with Crippen LogP contribution in [0, 0.1) is 0 Å². The molecule has 0 aliphatic carbocycles. The standard InChI is InChI=1S/C17H13F3O/c1-12(16(21)10-13-6-3-2-4-7-13)14-8-5-9-15(11-14)17(18,19)20/h2-9,11H,1,10H2. The van der Waals surface area contributed by atoms with Gasteiger partial charge in [-0.25, -0.2) is 0 Å². The Balaban J connectivity index is 2.18. The maximum Gasteiger partial charge on any atom is 0.416 e. The Bertz CT molecular complexity index is 657. The van der Waals surface area contributed by atoms with Gasteiger partial charge in [-0.1, -0.05) is 49.0 Å². The highest BCUT2D eigenvalue weighted by Crippen LogP contribution is 2.31. The van der Waals surface area contributed by atoms with Crippen LogP contribution < -0.4 is 0 Å². The van der Waals surface area contributed by atoms with Crippen molar-refractivity contribution in [3.05, 3.63) is 77.9 Å². The Morgan fingerprint density at radius 3 is 2.29 bits per heavy atom. The first-order valence-electron chi connectivity index (χ1n) is 6.31. The molecule has 0 spiro atoms. The lowest BCUT2D eigenvalue weighted by molar-refractivity contribution is -0.137. The third-order valence-corrected chi connectivity index (χ3v) is 3.08. The van der Waals surface area contributed by atoms with Crippen LogP contribution in [0.4, 0.5) is 13.2 Å². The van der Waals surface area contributed by atoms with E-state index >= 15 is 0 Å². The largest absolute Gasteiger partial charge is 0.416 e. The molecule has 21 heavy (non-hydrogen) atoms. The third kappa shape index (κ3) is 3.81. The van der Waals surface area contributed by atoms with Gasteiger partial charge >= 0.3 is 6.18 Å². The van der Waals surface area contributed by atoms with Crippen LogP contribution in [-0.4, -0.2) is 5.78 Å². The molecule has 0 heterocycles. The van der Waals surface area contributed by atoms with Gasteiger partial charge in [-0.15, -0.1) is 0 Å². The normalized spacial score (nSPS) is 11.2. The minimum absolute atomic E-state index is 0.0879. The molecular formula is C17H13F3O. The van der Waals surface area contributed by atoms with E-state index in [1.165, 1.54) is 12.1 Å². The van der Waals surface area contributed by atoms with E-state index in [0.29, 0.717) is 0 Å². The minimum Gasteiger partial charge on any atom is -0.294 e. The van der Waals surface area contributed by atoms with Crippen LogP contribution in [0.5, 0.6) is 0 Å². The summed E-state index contributed by atoms with van der Waals surface area (Å²) in [6.45, 7) is 3.63. The molecular weight excluding hydrogens is 277 g/mol. The molecule has 108 valence electrons. The van der Waals surface area contributed by atoms with Crippen LogP contribution in [0.15, 0.2) is 61.2 Å². The van der Waals surface area contributed by atoms with Gasteiger partial charge in [-0.05, 0) is 23.3 Å². The second kappa shape index (κ2) is 5.95. The average Bonchev–Trinajstić information content (AvgIpc) is 2.46. The number of Topliss-reactive ketones (excluding diaryl/α,β-unsaturated/α-hetero) is 1. The van der Waals surface area contributed by atoms with Gasteiger partial charge in [-0.2, -0.15) is 13.2 Å². The van der Waals surface area contributed by atoms with E-state index in [1.54, 1.807) is 24.3 Å². The van der Waals surface area contributed by atoms with Gasteiger partial charge in [0.05, 0.1) is 5.56 Å². The maximum atomic E-state index is 12.7. The molecule has 0 saturated carbocycles. The van der Waals surface area contributed by atoms with Crippen molar-refractivity contribution in [2.24, 2.45) is 0 Å². The van der Waals surface area contributed by atoms with Gasteiger partial charge in [-0.3, -0.25) is 4.79 Å². The number of rotatable bonds is 4. The highest BCUT2D eigenvalue weighted by Gasteiger charge is 2.30. The van der Waals surface area contributed by atoms with E-state index in [-0.39, 0.29) is 23.3 Å². The van der Waals surface area contributed by atoms with Crippen LogP contribution in [0.25, 0.3) is 5.57 Å². The molecule has 0 saturated heterocycles. The van der Waals surface area contributed by atoms with E-state index in [4.69, 9.17) is 0 Å². The SMILES string of the molecule is C=C(C(=O)Cc1ccccc1)c1cccc(C(F)(F)F)c1. The lowest BCUT2D eigenvalue weighted by Crippen LogP contribution is -2.08. The summed E-state index contributed by atoms with van der Waals surface area (Å²) in [5.41, 5.74) is 0.306. The second-order valence-electron chi connectivity index (χ2n) is 4.64. The fourth-order valence-corrected chi connectivity index (χ4v) is 1.93. The number of halogens is 3. The lowest BCUT2D eigenvalue weighted by atomic mass is 9.97. The van der Waals surface area contributed by atoms with Gasteiger partial charge in [0.2, 0.25) is 0 Å². The molecule has 0 aliphatic heterocycles. The predicted molar refractivity (Wildman–Crippen MR) is 75.6 cm³/mol. The van der Waals surface area contributed by atoms with Crippen LogP contribution in [0.1, 0.15) is 16.7 Å². The molecule has 0 aliphatic rings. The van der Waals surface area contributed by atoms with Crippen molar-refractivity contribution in [2.45, 2.75) is 12.6 Å². The monoisotopic (exact) mass is 290 g/mol. The molecule has 2 aromatic rings. The van der Waals surface area contributed by atoms with Crippen molar-refractivity contribution < 1.29 is 18.0 Å². The molecule has 0 radical (unpaired) electrons. The summed E-state index contributed by atoms with van der Waals surface area (Å²) in [4.78, 5) is 12.1. The predicted octanol–water partition coefficient (Wildman–Crippen LogP) is 4.53. The minimum atomic E-state index is -4.43. The zero-order valence-corrected chi connectivity index (χ0v) is 11.2. The maximum absolute atomic E-state index is 12.7. The van der Waals surface area contributed by atoms with Crippen LogP contribution in [0.2, 0.25) is 0 Å². The summed E-state index contributed by atoms with van der Waals surface area (Å²) in [6, 6.07) is 13.7. The first-order chi connectivity index (χ1) is 9.88. The molecule has 0 N–H and O–H groups in total. The summed E-state index contributed by atoms with van der Waals surface area (Å²) in [5, 5.41) is 0. The zero-order valence-electron chi connectivity index (χ0n) is 11.2. The Kier molecular flexibility index (Phi) is 4.26. The number of hydrogen-bond donors (Lipinski definition) is 0. The average molecular weight is 290 g/mol. The number of hydrogen-bond acceptors (Lipinski definition) is 1. The molecule has 0 aromatic heterocycles. The zero-order chi connectivity index (χ0) is 15.5. The van der Waals surface area contributed by atoms with Crippen molar-refractivity contribution in [3.8, 4) is 0 Å². The molecule has 0 atom stereocenters. The molecule has 2 rings (SSSR count). The van der Waals surface area contributed by atoms with Crippen LogP contribution >= 0.6 is 0 Å². The van der Waals surface area contributed by atoms with E-state index in [1.807, 2.05) is 6.07 Å². The van der Waals surface area contributed by atoms with E-state index in [0.717, 1.165) is 17.7 Å². The lowest BCUT2D eigenvalue weighted by Gasteiger charge is -2.10. The smallest absolute Gasteiger partial charge is 0.294 e. The highest BCUT2D eigenvalue weighted by atomic mass is 19.4. The summed E-state index contributed by atoms with van der Waals surface area (Å²) >= 11 is 0. The number of allylic oxidation sites excluding steroid dienone is 1. The van der Waals surface area contributed by atoms with Gasteiger partial charge in [0.15, 0.2) is 5.78 Å². The fourth-order valence-electron chi connectivity index (χ4n) is 1.93. The molecule has 0 amide bonds. The summed E-state index contributed by atoms with van der Waals surface area (Å²) < 4.78 is 38.0. The number of carbonyl (C=O) groups is 1. The van der Waals surface area contributed by atoms with Crippen molar-refractivity contribution in [2.75, 3.05) is 0 Å². The van der Waals surface area contributed by atoms with Crippen LogP contribution in [-0.2, 0) is 17.4 Å². The number of carbonyl (C=O) groups excluding carboxylic acids is 1. The summed E-state index contributed by atoms with van der Waals surface area (Å²) in [5.74, 6) is -0.291. The Labute approximate surface area is 120 Å². The highest BCUT2D eigenvalue weighted by molar-refractivity contribution is 6.20. The van der Waals surface area contributed by atoms with E-state index in [9.17, 15) is 18.0 Å². The van der Waals surface area contributed by atoms with E-state index < -0.39 is 11.7 Å². The quantitative estimate of drug-likeness (QED) is 0.756. The number of benzene rings is 2. The molecule has 0 fully saturated rings. The number of ketones is 1.